The number of rotatable bonds is 12. The predicted octanol–water partition coefficient (Wildman–Crippen LogP) is 11.9. The van der Waals surface area contributed by atoms with E-state index in [1.165, 1.54) is 6.40 Å². The van der Waals surface area contributed by atoms with Gasteiger partial charge in [-0.25, -0.2) is 5.48 Å². The van der Waals surface area contributed by atoms with E-state index < -0.39 is 0 Å². The summed E-state index contributed by atoms with van der Waals surface area (Å²) in [5.41, 5.74) is 12.3. The largest absolute Gasteiger partial charge is 0.506 e. The summed E-state index contributed by atoms with van der Waals surface area (Å²) in [7, 11) is 0. The highest BCUT2D eigenvalue weighted by Crippen LogP contribution is 2.37. The summed E-state index contributed by atoms with van der Waals surface area (Å²) >= 11 is 0. The zero-order valence-electron chi connectivity index (χ0n) is 27.9. The van der Waals surface area contributed by atoms with Crippen LogP contribution in [0.3, 0.4) is 0 Å². The second kappa shape index (κ2) is 15.5. The standard InChI is InChI=1S/C43H35N5O3/c1-31-12-20-36(21-13-31)45-46-43-41-26-14-32(28-35(41)19-27-42(43)49)29-50-44-30-51-47-37-22-15-33(16-23-37)34-17-24-40(25-18-34)48(38-8-4-2-5-9-38)39-10-6-3-7-11-39/h2-28,30,47,49H,29H2,1H3/b44-30+,46-45?. The van der Waals surface area contributed by atoms with Crippen molar-refractivity contribution < 1.29 is 14.8 Å². The molecule has 7 aromatic rings. The van der Waals surface area contributed by atoms with Gasteiger partial charge in [-0.05, 0) is 102 Å². The molecule has 51 heavy (non-hydrogen) atoms. The lowest BCUT2D eigenvalue weighted by Gasteiger charge is -2.25. The average Bonchev–Trinajstić information content (AvgIpc) is 3.18. The third-order valence-electron chi connectivity index (χ3n) is 8.28. The molecule has 0 aliphatic carbocycles. The van der Waals surface area contributed by atoms with Crippen LogP contribution in [0.25, 0.3) is 21.9 Å². The minimum atomic E-state index is 0.0648. The Balaban J connectivity index is 0.920. The van der Waals surface area contributed by atoms with Crippen molar-refractivity contribution in [3.8, 4) is 16.9 Å². The fourth-order valence-corrected chi connectivity index (χ4v) is 5.66. The maximum atomic E-state index is 10.4. The quantitative estimate of drug-likeness (QED) is 0.0585. The van der Waals surface area contributed by atoms with Crippen LogP contribution in [0.1, 0.15) is 11.1 Å². The van der Waals surface area contributed by atoms with E-state index >= 15 is 0 Å². The van der Waals surface area contributed by atoms with Crippen LogP contribution in [0, 0.1) is 6.92 Å². The predicted molar refractivity (Wildman–Crippen MR) is 206 cm³/mol. The molecule has 8 heteroatoms. The molecule has 0 bridgehead atoms. The number of fused-ring (bicyclic) bond motifs is 1. The van der Waals surface area contributed by atoms with Gasteiger partial charge in [0.25, 0.3) is 0 Å². The SMILES string of the molecule is Cc1ccc(N=Nc2c(O)ccc3cc(CO/N=C/ONc4ccc(-c5ccc(N(c6ccccc6)c6ccccc6)cc5)cc4)ccc23)cc1. The van der Waals surface area contributed by atoms with Crippen LogP contribution in [0.4, 0.5) is 34.1 Å². The van der Waals surface area contributed by atoms with Gasteiger partial charge in [0.2, 0.25) is 6.40 Å². The van der Waals surface area contributed by atoms with Gasteiger partial charge in [0.15, 0.2) is 0 Å². The van der Waals surface area contributed by atoms with E-state index in [1.54, 1.807) is 6.07 Å². The summed E-state index contributed by atoms with van der Waals surface area (Å²) in [5.74, 6) is 0.0648. The first-order valence-corrected chi connectivity index (χ1v) is 16.5. The number of hydrogen-bond donors (Lipinski definition) is 2. The fourth-order valence-electron chi connectivity index (χ4n) is 5.66. The first-order chi connectivity index (χ1) is 25.1. The molecule has 0 aromatic heterocycles. The number of aromatic hydroxyl groups is 1. The van der Waals surface area contributed by atoms with Crippen LogP contribution in [0.5, 0.6) is 5.75 Å². The van der Waals surface area contributed by atoms with Crippen LogP contribution in [-0.2, 0) is 16.3 Å². The van der Waals surface area contributed by atoms with Crippen molar-refractivity contribution in [2.45, 2.75) is 13.5 Å². The van der Waals surface area contributed by atoms with Gasteiger partial charge in [0, 0.05) is 22.4 Å². The van der Waals surface area contributed by atoms with Crippen LogP contribution in [0.2, 0.25) is 0 Å². The van der Waals surface area contributed by atoms with Crippen LogP contribution >= 0.6 is 0 Å². The Kier molecular flexibility index (Phi) is 9.93. The molecular weight excluding hydrogens is 635 g/mol. The maximum Gasteiger partial charge on any atom is 0.245 e. The first-order valence-electron chi connectivity index (χ1n) is 16.5. The van der Waals surface area contributed by atoms with Gasteiger partial charge in [0.1, 0.15) is 18.0 Å². The average molecular weight is 670 g/mol. The van der Waals surface area contributed by atoms with E-state index in [2.05, 4.69) is 98.6 Å². The van der Waals surface area contributed by atoms with E-state index in [-0.39, 0.29) is 12.4 Å². The molecule has 0 saturated carbocycles. The lowest BCUT2D eigenvalue weighted by atomic mass is 10.0. The number of benzene rings is 7. The van der Waals surface area contributed by atoms with Crippen molar-refractivity contribution in [2.75, 3.05) is 10.4 Å². The van der Waals surface area contributed by atoms with Gasteiger partial charge < -0.3 is 19.7 Å². The van der Waals surface area contributed by atoms with E-state index in [4.69, 9.17) is 9.68 Å². The topological polar surface area (TPSA) is 91.0 Å². The number of aryl methyl sites for hydroxylation is 1. The number of phenolic OH excluding ortho intramolecular Hbond substituents is 1. The number of hydrogen-bond acceptors (Lipinski definition) is 8. The number of oxime groups is 1. The summed E-state index contributed by atoms with van der Waals surface area (Å²) < 4.78 is 0. The minimum Gasteiger partial charge on any atom is -0.506 e. The van der Waals surface area contributed by atoms with Gasteiger partial charge >= 0.3 is 0 Å². The van der Waals surface area contributed by atoms with E-state index in [0.717, 1.165) is 55.8 Å². The molecule has 250 valence electrons. The molecule has 7 rings (SSSR count). The highest BCUT2D eigenvalue weighted by Gasteiger charge is 2.12. The highest BCUT2D eigenvalue weighted by atomic mass is 16.7. The molecule has 0 aliphatic heterocycles. The molecule has 0 spiro atoms. The summed E-state index contributed by atoms with van der Waals surface area (Å²) in [5, 5.41) is 24.7. The zero-order valence-corrected chi connectivity index (χ0v) is 27.9. The van der Waals surface area contributed by atoms with E-state index in [0.29, 0.717) is 11.4 Å². The summed E-state index contributed by atoms with van der Waals surface area (Å²) in [6.07, 6.45) is 1.21. The second-order valence-electron chi connectivity index (χ2n) is 11.9. The summed E-state index contributed by atoms with van der Waals surface area (Å²) in [4.78, 5) is 13.1. The van der Waals surface area contributed by atoms with E-state index in [1.807, 2.05) is 91.9 Å². The van der Waals surface area contributed by atoms with Crippen molar-refractivity contribution in [2.24, 2.45) is 15.4 Å². The molecule has 0 unspecified atom stereocenters. The Morgan fingerprint density at radius 3 is 1.94 bits per heavy atom. The van der Waals surface area contributed by atoms with Crippen molar-refractivity contribution in [3.63, 3.8) is 0 Å². The van der Waals surface area contributed by atoms with Gasteiger partial charge in [-0.15, -0.1) is 5.11 Å². The number of azo groups is 1. The molecular formula is C43H35N5O3. The van der Waals surface area contributed by atoms with Gasteiger partial charge in [-0.3, -0.25) is 0 Å². The normalized spacial score (nSPS) is 11.2. The van der Waals surface area contributed by atoms with Gasteiger partial charge in [0.05, 0.1) is 11.4 Å². The Morgan fingerprint density at radius 1 is 0.647 bits per heavy atom. The molecule has 8 nitrogen and oxygen atoms in total. The number of nitrogens with zero attached hydrogens (tertiary/aromatic N) is 4. The second-order valence-corrected chi connectivity index (χ2v) is 11.9. The smallest absolute Gasteiger partial charge is 0.245 e. The van der Waals surface area contributed by atoms with Crippen molar-refractivity contribution >= 4 is 51.3 Å². The molecule has 0 aliphatic rings. The molecule has 0 fully saturated rings. The molecule has 0 amide bonds. The van der Waals surface area contributed by atoms with Crippen LogP contribution in [-0.4, -0.2) is 11.5 Å². The third-order valence-corrected chi connectivity index (χ3v) is 8.28. The maximum absolute atomic E-state index is 10.4. The Morgan fingerprint density at radius 2 is 1.27 bits per heavy atom. The van der Waals surface area contributed by atoms with E-state index in [9.17, 15) is 5.11 Å². The van der Waals surface area contributed by atoms with Crippen molar-refractivity contribution in [1.82, 2.24) is 0 Å². The highest BCUT2D eigenvalue weighted by molar-refractivity contribution is 5.95. The molecule has 0 saturated heterocycles. The Hall–Kier alpha value is -6.93. The molecule has 0 heterocycles. The summed E-state index contributed by atoms with van der Waals surface area (Å²) in [6, 6.07) is 54.1. The van der Waals surface area contributed by atoms with Crippen LogP contribution in [0.15, 0.2) is 179 Å². The lowest BCUT2D eigenvalue weighted by Crippen LogP contribution is -2.09. The number of para-hydroxylation sites is 2. The molecule has 7 aromatic carbocycles. The molecule has 0 atom stereocenters. The van der Waals surface area contributed by atoms with Gasteiger partial charge in [-0.1, -0.05) is 102 Å². The Bertz CT molecular complexity index is 2220. The lowest BCUT2D eigenvalue weighted by molar-refractivity contribution is 0.125. The Labute approximate surface area is 296 Å². The molecule has 2 N–H and O–H groups in total. The molecule has 0 radical (unpaired) electrons. The van der Waals surface area contributed by atoms with Crippen LogP contribution < -0.4 is 10.4 Å². The number of anilines is 4. The van der Waals surface area contributed by atoms with Crippen molar-refractivity contribution in [3.05, 3.63) is 175 Å². The number of nitrogens with one attached hydrogen (secondary N) is 1. The number of phenols is 1. The monoisotopic (exact) mass is 669 g/mol. The first kappa shape index (κ1) is 32.6. The summed E-state index contributed by atoms with van der Waals surface area (Å²) in [6.45, 7) is 2.25. The fraction of sp³-hybridized carbons (Fsp3) is 0.0465. The van der Waals surface area contributed by atoms with Crippen molar-refractivity contribution in [1.29, 1.82) is 0 Å². The zero-order chi connectivity index (χ0) is 34.8. The minimum absolute atomic E-state index is 0.0648. The third kappa shape index (κ3) is 8.04. The van der Waals surface area contributed by atoms with Gasteiger partial charge in [-0.2, -0.15) is 5.11 Å².